The Labute approximate surface area is 99.4 Å². The lowest BCUT2D eigenvalue weighted by Crippen LogP contribution is -2.23. The smallest absolute Gasteiger partial charge is 0.226 e. The molecule has 0 fully saturated rings. The Morgan fingerprint density at radius 3 is 3.12 bits per heavy atom. The van der Waals surface area contributed by atoms with Crippen LogP contribution in [0.2, 0.25) is 0 Å². The number of nitrogens with zero attached hydrogens (tertiary/aromatic N) is 1. The first-order chi connectivity index (χ1) is 8.40. The van der Waals surface area contributed by atoms with Crippen LogP contribution in [0.4, 0.5) is 0 Å². The summed E-state index contributed by atoms with van der Waals surface area (Å²) in [5.74, 6) is 0.666. The molecule has 2 aromatic rings. The van der Waals surface area contributed by atoms with Crippen molar-refractivity contribution in [2.75, 3.05) is 13.2 Å². The van der Waals surface area contributed by atoms with Crippen molar-refractivity contribution < 1.29 is 9.15 Å². The zero-order valence-electron chi connectivity index (χ0n) is 9.43. The Morgan fingerprint density at radius 2 is 2.35 bits per heavy atom. The van der Waals surface area contributed by atoms with Gasteiger partial charge in [0.15, 0.2) is 0 Å². The molecule has 0 spiro atoms. The number of ether oxygens (including phenoxy) is 1. The monoisotopic (exact) mass is 230 g/mol. The molecule has 0 saturated heterocycles. The van der Waals surface area contributed by atoms with Crippen LogP contribution in [0.3, 0.4) is 0 Å². The number of fused-ring (bicyclic) bond motifs is 1. The van der Waals surface area contributed by atoms with Crippen molar-refractivity contribution >= 4 is 0 Å². The van der Waals surface area contributed by atoms with Crippen LogP contribution in [0.15, 0.2) is 35.1 Å². The second kappa shape index (κ2) is 4.31. The summed E-state index contributed by atoms with van der Waals surface area (Å²) in [4.78, 5) is 4.21. The van der Waals surface area contributed by atoms with Crippen LogP contribution in [0.25, 0.3) is 11.5 Å². The highest BCUT2D eigenvalue weighted by Gasteiger charge is 2.23. The predicted molar refractivity (Wildman–Crippen MR) is 63.4 cm³/mol. The summed E-state index contributed by atoms with van der Waals surface area (Å²) >= 11 is 0. The highest BCUT2D eigenvalue weighted by molar-refractivity contribution is 5.61. The van der Waals surface area contributed by atoms with Crippen molar-refractivity contribution in [3.8, 4) is 11.5 Å². The molecule has 1 aliphatic rings. The number of hydrogen-bond donors (Lipinski definition) is 1. The standard InChI is InChI=1S/C13H14N2O2/c14-8-12-10-2-1-3-11(9(10)4-6-16-12)13-15-5-7-17-13/h1-3,5,7,12H,4,6,8,14H2/t12-/m1/s1. The molecule has 0 saturated carbocycles. The third-order valence-electron chi connectivity index (χ3n) is 3.11. The van der Waals surface area contributed by atoms with Gasteiger partial charge in [0.1, 0.15) is 6.26 Å². The van der Waals surface area contributed by atoms with E-state index in [4.69, 9.17) is 14.9 Å². The van der Waals surface area contributed by atoms with Gasteiger partial charge in [0.05, 0.1) is 18.9 Å². The van der Waals surface area contributed by atoms with Crippen LogP contribution in [0.1, 0.15) is 17.2 Å². The highest BCUT2D eigenvalue weighted by atomic mass is 16.5. The Morgan fingerprint density at radius 1 is 1.41 bits per heavy atom. The fourth-order valence-electron chi connectivity index (χ4n) is 2.33. The quantitative estimate of drug-likeness (QED) is 0.856. The molecule has 88 valence electrons. The lowest BCUT2D eigenvalue weighted by molar-refractivity contribution is 0.0486. The molecule has 1 aliphatic heterocycles. The lowest BCUT2D eigenvalue weighted by Gasteiger charge is -2.26. The van der Waals surface area contributed by atoms with Crippen LogP contribution in [-0.2, 0) is 11.2 Å². The van der Waals surface area contributed by atoms with E-state index >= 15 is 0 Å². The fraction of sp³-hybridized carbons (Fsp3) is 0.308. The van der Waals surface area contributed by atoms with Gasteiger partial charge in [-0.15, -0.1) is 0 Å². The van der Waals surface area contributed by atoms with Crippen molar-refractivity contribution in [3.63, 3.8) is 0 Å². The largest absolute Gasteiger partial charge is 0.445 e. The molecule has 0 unspecified atom stereocenters. The molecule has 1 aromatic carbocycles. The average molecular weight is 230 g/mol. The van der Waals surface area contributed by atoms with E-state index in [9.17, 15) is 0 Å². The molecule has 1 aromatic heterocycles. The number of oxazole rings is 1. The molecule has 4 nitrogen and oxygen atoms in total. The molecule has 0 amide bonds. The van der Waals surface area contributed by atoms with Crippen molar-refractivity contribution in [1.29, 1.82) is 0 Å². The molecule has 0 radical (unpaired) electrons. The van der Waals surface area contributed by atoms with Crippen LogP contribution in [0.5, 0.6) is 0 Å². The van der Waals surface area contributed by atoms with Crippen molar-refractivity contribution in [2.24, 2.45) is 5.73 Å². The van der Waals surface area contributed by atoms with E-state index in [1.807, 2.05) is 12.1 Å². The topological polar surface area (TPSA) is 61.3 Å². The first-order valence-electron chi connectivity index (χ1n) is 5.73. The molecule has 0 aliphatic carbocycles. The Hall–Kier alpha value is -1.65. The van der Waals surface area contributed by atoms with Gasteiger partial charge in [-0.3, -0.25) is 0 Å². The molecule has 1 atom stereocenters. The maximum atomic E-state index is 5.72. The molecular weight excluding hydrogens is 216 g/mol. The summed E-state index contributed by atoms with van der Waals surface area (Å²) in [6.45, 7) is 1.20. The zero-order chi connectivity index (χ0) is 11.7. The molecule has 3 rings (SSSR count). The molecular formula is C13H14N2O2. The second-order valence-electron chi connectivity index (χ2n) is 4.06. The zero-order valence-corrected chi connectivity index (χ0v) is 9.43. The van der Waals surface area contributed by atoms with E-state index in [1.54, 1.807) is 12.5 Å². The number of rotatable bonds is 2. The fourth-order valence-corrected chi connectivity index (χ4v) is 2.33. The molecule has 2 heterocycles. The summed E-state index contributed by atoms with van der Waals surface area (Å²) in [6.07, 6.45) is 4.13. The van der Waals surface area contributed by atoms with E-state index in [-0.39, 0.29) is 6.10 Å². The third-order valence-corrected chi connectivity index (χ3v) is 3.11. The third kappa shape index (κ3) is 1.75. The first kappa shape index (κ1) is 10.5. The maximum absolute atomic E-state index is 5.72. The van der Waals surface area contributed by atoms with Gasteiger partial charge in [0, 0.05) is 12.1 Å². The van der Waals surface area contributed by atoms with E-state index in [2.05, 4.69) is 11.1 Å². The van der Waals surface area contributed by atoms with Gasteiger partial charge in [-0.2, -0.15) is 0 Å². The second-order valence-corrected chi connectivity index (χ2v) is 4.06. The maximum Gasteiger partial charge on any atom is 0.226 e. The van der Waals surface area contributed by atoms with Gasteiger partial charge in [0.2, 0.25) is 5.89 Å². The van der Waals surface area contributed by atoms with E-state index < -0.39 is 0 Å². The van der Waals surface area contributed by atoms with E-state index in [1.165, 1.54) is 5.56 Å². The molecule has 17 heavy (non-hydrogen) atoms. The van der Waals surface area contributed by atoms with Gasteiger partial charge in [0.25, 0.3) is 0 Å². The van der Waals surface area contributed by atoms with Gasteiger partial charge < -0.3 is 14.9 Å². The highest BCUT2D eigenvalue weighted by Crippen LogP contribution is 2.33. The summed E-state index contributed by atoms with van der Waals surface area (Å²) in [6, 6.07) is 6.09. The summed E-state index contributed by atoms with van der Waals surface area (Å²) in [5.41, 5.74) is 9.18. The minimum absolute atomic E-state index is 0.00587. The minimum Gasteiger partial charge on any atom is -0.445 e. The summed E-state index contributed by atoms with van der Waals surface area (Å²) < 4.78 is 11.0. The van der Waals surface area contributed by atoms with Crippen LogP contribution < -0.4 is 5.73 Å². The first-order valence-corrected chi connectivity index (χ1v) is 5.73. The SMILES string of the molecule is NC[C@H]1OCCc2c(-c3ncco3)cccc21. The summed E-state index contributed by atoms with van der Waals surface area (Å²) in [5, 5.41) is 0. The number of hydrogen-bond acceptors (Lipinski definition) is 4. The van der Waals surface area contributed by atoms with Crippen molar-refractivity contribution in [3.05, 3.63) is 41.8 Å². The molecule has 0 bridgehead atoms. The van der Waals surface area contributed by atoms with E-state index in [0.717, 1.165) is 17.5 Å². The van der Waals surface area contributed by atoms with E-state index in [0.29, 0.717) is 19.0 Å². The molecule has 2 N–H and O–H groups in total. The van der Waals surface area contributed by atoms with Crippen LogP contribution in [0, 0.1) is 0 Å². The summed E-state index contributed by atoms with van der Waals surface area (Å²) in [7, 11) is 0. The van der Waals surface area contributed by atoms with Crippen LogP contribution in [-0.4, -0.2) is 18.1 Å². The van der Waals surface area contributed by atoms with Crippen LogP contribution >= 0.6 is 0 Å². The normalized spacial score (nSPS) is 19.0. The Bertz CT molecular complexity index is 508. The van der Waals surface area contributed by atoms with Gasteiger partial charge >= 0.3 is 0 Å². The lowest BCUT2D eigenvalue weighted by atomic mass is 9.93. The predicted octanol–water partition coefficient (Wildman–Crippen LogP) is 1.91. The van der Waals surface area contributed by atoms with Crippen molar-refractivity contribution in [1.82, 2.24) is 4.98 Å². The molecule has 4 heteroatoms. The van der Waals surface area contributed by atoms with Crippen molar-refractivity contribution in [2.45, 2.75) is 12.5 Å². The van der Waals surface area contributed by atoms with Gasteiger partial charge in [-0.25, -0.2) is 4.98 Å². The van der Waals surface area contributed by atoms with Gasteiger partial charge in [-0.05, 0) is 23.6 Å². The minimum atomic E-state index is -0.00587. The Kier molecular flexibility index (Phi) is 2.66. The number of benzene rings is 1. The van der Waals surface area contributed by atoms with Gasteiger partial charge in [-0.1, -0.05) is 12.1 Å². The Balaban J connectivity index is 2.12. The number of nitrogens with two attached hydrogens (primary N) is 1. The number of aromatic nitrogens is 1. The average Bonchev–Trinajstić information content (AvgIpc) is 2.91.